The maximum Gasteiger partial charge on any atom is 0.250 e. The predicted octanol–water partition coefficient (Wildman–Crippen LogP) is 1.05. The van der Waals surface area contributed by atoms with E-state index in [1.807, 2.05) is 11.9 Å². The van der Waals surface area contributed by atoms with Gasteiger partial charge in [0, 0.05) is 32.1 Å². The Labute approximate surface area is 141 Å². The molecule has 0 radical (unpaired) electrons. The number of carbonyl (C=O) groups excluding carboxylic acids is 1. The lowest BCUT2D eigenvalue weighted by molar-refractivity contribution is -0.132. The Morgan fingerprint density at radius 3 is 2.64 bits per heavy atom. The van der Waals surface area contributed by atoms with Crippen molar-refractivity contribution in [1.29, 1.82) is 0 Å². The molecule has 0 unspecified atom stereocenters. The lowest BCUT2D eigenvalue weighted by Crippen LogP contribution is -2.46. The van der Waals surface area contributed by atoms with Crippen LogP contribution in [0.4, 0.5) is 0 Å². The Morgan fingerprint density at radius 1 is 1.41 bits per heavy atom. The minimum absolute atomic E-state index is 0. The van der Waals surface area contributed by atoms with Crippen molar-refractivity contribution in [2.75, 3.05) is 26.7 Å². The first-order chi connectivity index (χ1) is 10.0. The van der Waals surface area contributed by atoms with Crippen molar-refractivity contribution in [2.24, 2.45) is 0 Å². The monoisotopic (exact) mass is 367 g/mol. The van der Waals surface area contributed by atoms with Crippen LogP contribution in [0.1, 0.15) is 19.3 Å². The largest absolute Gasteiger partial charge is 0.343 e. The van der Waals surface area contributed by atoms with Gasteiger partial charge in [0.05, 0.1) is 0 Å². The zero-order valence-electron chi connectivity index (χ0n) is 12.4. The summed E-state index contributed by atoms with van der Waals surface area (Å²) in [7, 11) is -1.60. The molecular weight excluding hydrogens is 346 g/mol. The number of nitrogens with zero attached hydrogens (tertiary/aromatic N) is 1. The number of sulfonamides is 1. The highest BCUT2D eigenvalue weighted by molar-refractivity contribution is 7.91. The summed E-state index contributed by atoms with van der Waals surface area (Å²) in [6.45, 7) is 1.89. The van der Waals surface area contributed by atoms with Crippen LogP contribution in [0, 0.1) is 0 Å². The van der Waals surface area contributed by atoms with E-state index in [9.17, 15) is 13.2 Å². The maximum atomic E-state index is 12.1. The Bertz CT molecular complexity index is 555. The molecule has 22 heavy (non-hydrogen) atoms. The summed E-state index contributed by atoms with van der Waals surface area (Å²) >= 11 is 1.21. The van der Waals surface area contributed by atoms with Gasteiger partial charge < -0.3 is 10.2 Å². The molecule has 1 fully saturated rings. The van der Waals surface area contributed by atoms with Gasteiger partial charge in [-0.05, 0) is 31.3 Å². The van der Waals surface area contributed by atoms with Gasteiger partial charge >= 0.3 is 0 Å². The van der Waals surface area contributed by atoms with Crippen LogP contribution in [-0.2, 0) is 14.8 Å². The zero-order valence-corrected chi connectivity index (χ0v) is 14.9. The van der Waals surface area contributed by atoms with Gasteiger partial charge in [0.25, 0.3) is 0 Å². The summed E-state index contributed by atoms with van der Waals surface area (Å²) in [5.41, 5.74) is 0. The molecule has 1 aliphatic heterocycles. The molecule has 2 rings (SSSR count). The summed E-state index contributed by atoms with van der Waals surface area (Å²) in [5.74, 6) is 0.129. The van der Waals surface area contributed by atoms with Crippen molar-refractivity contribution in [3.05, 3.63) is 17.5 Å². The molecule has 0 aromatic carbocycles. The molecule has 1 aromatic rings. The number of hydrogen-bond acceptors (Lipinski definition) is 5. The van der Waals surface area contributed by atoms with E-state index in [0.29, 0.717) is 43.1 Å². The van der Waals surface area contributed by atoms with Crippen LogP contribution in [0.5, 0.6) is 0 Å². The molecule has 126 valence electrons. The molecule has 0 atom stereocenters. The summed E-state index contributed by atoms with van der Waals surface area (Å²) in [4.78, 5) is 13.7. The lowest BCUT2D eigenvalue weighted by atomic mass is 10.1. The minimum Gasteiger partial charge on any atom is -0.343 e. The lowest BCUT2D eigenvalue weighted by Gasteiger charge is -2.32. The van der Waals surface area contributed by atoms with Crippen LogP contribution in [0.3, 0.4) is 0 Å². The van der Waals surface area contributed by atoms with Gasteiger partial charge in [-0.1, -0.05) is 6.07 Å². The first kappa shape index (κ1) is 19.4. The average molecular weight is 368 g/mol. The molecule has 1 aliphatic rings. The Kier molecular flexibility index (Phi) is 7.78. The molecule has 0 saturated carbocycles. The van der Waals surface area contributed by atoms with Crippen molar-refractivity contribution < 1.29 is 13.2 Å². The number of amides is 1. The molecule has 2 N–H and O–H groups in total. The average Bonchev–Trinajstić information content (AvgIpc) is 3.00. The first-order valence-electron chi connectivity index (χ1n) is 7.01. The Balaban J connectivity index is 0.00000242. The molecular formula is C13H22ClN3O3S2. The number of halogens is 1. The van der Waals surface area contributed by atoms with Crippen LogP contribution in [-0.4, -0.2) is 51.9 Å². The number of hydrogen-bond donors (Lipinski definition) is 2. The highest BCUT2D eigenvalue weighted by Gasteiger charge is 2.26. The van der Waals surface area contributed by atoms with Crippen LogP contribution in [0.2, 0.25) is 0 Å². The Hall–Kier alpha value is -0.670. The molecule has 0 aliphatic carbocycles. The van der Waals surface area contributed by atoms with Gasteiger partial charge in [-0.3, -0.25) is 4.79 Å². The summed E-state index contributed by atoms with van der Waals surface area (Å²) in [6.07, 6.45) is 1.81. The summed E-state index contributed by atoms with van der Waals surface area (Å²) in [5, 5.41) is 4.70. The predicted molar refractivity (Wildman–Crippen MR) is 90.0 cm³/mol. The number of likely N-dealkylation sites (tertiary alicyclic amines) is 1. The van der Waals surface area contributed by atoms with Gasteiger partial charge in [-0.15, -0.1) is 23.7 Å². The van der Waals surface area contributed by atoms with E-state index < -0.39 is 10.0 Å². The third-order valence-corrected chi connectivity index (χ3v) is 6.44. The van der Waals surface area contributed by atoms with Gasteiger partial charge in [0.1, 0.15) is 4.21 Å². The second kappa shape index (κ2) is 8.83. The second-order valence-corrected chi connectivity index (χ2v) is 7.95. The molecule has 0 spiro atoms. The molecule has 1 saturated heterocycles. The van der Waals surface area contributed by atoms with Gasteiger partial charge in [-0.2, -0.15) is 0 Å². The van der Waals surface area contributed by atoms with E-state index in [1.165, 1.54) is 11.3 Å². The fraction of sp³-hybridized carbons (Fsp3) is 0.615. The zero-order chi connectivity index (χ0) is 15.3. The number of nitrogens with one attached hydrogen (secondary N) is 2. The SMILES string of the molecule is CNCCC(=O)N1CCC(NS(=O)(=O)c2cccs2)CC1.Cl. The van der Waals surface area contributed by atoms with Gasteiger partial charge in [0.2, 0.25) is 15.9 Å². The summed E-state index contributed by atoms with van der Waals surface area (Å²) in [6, 6.07) is 3.23. The molecule has 1 aromatic heterocycles. The first-order valence-corrected chi connectivity index (χ1v) is 9.37. The van der Waals surface area contributed by atoms with Gasteiger partial charge in [-0.25, -0.2) is 13.1 Å². The normalized spacial score (nSPS) is 16.3. The molecule has 2 heterocycles. The number of thiophene rings is 1. The molecule has 0 bridgehead atoms. The van der Waals surface area contributed by atoms with E-state index in [-0.39, 0.29) is 24.4 Å². The smallest absolute Gasteiger partial charge is 0.250 e. The van der Waals surface area contributed by atoms with E-state index in [4.69, 9.17) is 0 Å². The minimum atomic E-state index is -3.41. The second-order valence-electron chi connectivity index (χ2n) is 5.06. The molecule has 9 heteroatoms. The molecule has 1 amide bonds. The number of piperidine rings is 1. The van der Waals surface area contributed by atoms with Crippen LogP contribution in [0.25, 0.3) is 0 Å². The third kappa shape index (κ3) is 5.20. The van der Waals surface area contributed by atoms with Crippen LogP contribution < -0.4 is 10.0 Å². The summed E-state index contributed by atoms with van der Waals surface area (Å²) < 4.78 is 27.3. The van der Waals surface area contributed by atoms with E-state index in [2.05, 4.69) is 10.0 Å². The van der Waals surface area contributed by atoms with E-state index in [0.717, 1.165) is 0 Å². The quantitative estimate of drug-likeness (QED) is 0.787. The third-order valence-electron chi connectivity index (χ3n) is 3.52. The fourth-order valence-corrected chi connectivity index (χ4v) is 4.65. The fourth-order valence-electron chi connectivity index (χ4n) is 2.33. The highest BCUT2D eigenvalue weighted by Crippen LogP contribution is 2.18. The van der Waals surface area contributed by atoms with E-state index in [1.54, 1.807) is 17.5 Å². The topological polar surface area (TPSA) is 78.5 Å². The highest BCUT2D eigenvalue weighted by atomic mass is 35.5. The maximum absolute atomic E-state index is 12.1. The van der Waals surface area contributed by atoms with E-state index >= 15 is 0 Å². The number of rotatable bonds is 6. The van der Waals surface area contributed by atoms with Crippen molar-refractivity contribution in [1.82, 2.24) is 14.9 Å². The number of carbonyl (C=O) groups is 1. The standard InChI is InChI=1S/C13H21N3O3S2.ClH/c1-14-7-4-12(17)16-8-5-11(6-9-16)15-21(18,19)13-3-2-10-20-13;/h2-3,10-11,14-15H,4-9H2,1H3;1H. The van der Waals surface area contributed by atoms with Gasteiger partial charge in [0.15, 0.2) is 0 Å². The van der Waals surface area contributed by atoms with Crippen molar-refractivity contribution in [3.8, 4) is 0 Å². The van der Waals surface area contributed by atoms with Crippen molar-refractivity contribution in [3.63, 3.8) is 0 Å². The van der Waals surface area contributed by atoms with Crippen molar-refractivity contribution >= 4 is 39.7 Å². The van der Waals surface area contributed by atoms with Crippen LogP contribution in [0.15, 0.2) is 21.7 Å². The van der Waals surface area contributed by atoms with Crippen LogP contribution >= 0.6 is 23.7 Å². The molecule has 6 nitrogen and oxygen atoms in total. The van der Waals surface area contributed by atoms with Crippen molar-refractivity contribution in [2.45, 2.75) is 29.5 Å². The Morgan fingerprint density at radius 2 is 2.09 bits per heavy atom.